The number of fused-ring (bicyclic) bond motifs is 2. The number of hydrogen-bond donors (Lipinski definition) is 1. The summed E-state index contributed by atoms with van der Waals surface area (Å²) in [6.07, 6.45) is 4.61. The summed E-state index contributed by atoms with van der Waals surface area (Å²) in [5.74, 6) is -0.852. The number of anilines is 1. The number of para-hydroxylation sites is 1. The normalized spacial score (nSPS) is 23.0. The Labute approximate surface area is 150 Å². The number of rotatable bonds is 3. The van der Waals surface area contributed by atoms with Crippen molar-refractivity contribution < 1.29 is 9.59 Å². The van der Waals surface area contributed by atoms with Crippen molar-refractivity contribution in [3.05, 3.63) is 47.1 Å². The van der Waals surface area contributed by atoms with E-state index in [0.29, 0.717) is 17.9 Å². The largest absolute Gasteiger partial charge is 0.365 e. The minimum atomic E-state index is -0.320. The Balaban J connectivity index is 1.56. The van der Waals surface area contributed by atoms with Gasteiger partial charge < -0.3 is 5.32 Å². The molecule has 1 aromatic heterocycles. The third kappa shape index (κ3) is 2.68. The first-order valence-electron chi connectivity index (χ1n) is 8.34. The SMILES string of the molecule is Cc1ccnc2c(NCN3C(=O)[C@H]4CC(Cl)=CC[C@H]4C3=O)cccc12. The fourth-order valence-corrected chi connectivity index (χ4v) is 3.93. The molecule has 0 bridgehead atoms. The number of pyridine rings is 1. The van der Waals surface area contributed by atoms with Crippen LogP contribution in [-0.2, 0) is 9.59 Å². The molecular weight excluding hydrogens is 338 g/mol. The lowest BCUT2D eigenvalue weighted by Crippen LogP contribution is -2.35. The Morgan fingerprint density at radius 2 is 2.04 bits per heavy atom. The topological polar surface area (TPSA) is 62.3 Å². The van der Waals surface area contributed by atoms with Gasteiger partial charge in [0.05, 0.1) is 29.7 Å². The van der Waals surface area contributed by atoms with Crippen molar-refractivity contribution in [1.29, 1.82) is 0 Å². The second kappa shape index (κ2) is 6.15. The Kier molecular flexibility index (Phi) is 3.96. The van der Waals surface area contributed by atoms with Crippen molar-refractivity contribution in [2.45, 2.75) is 19.8 Å². The molecule has 6 heteroatoms. The third-order valence-electron chi connectivity index (χ3n) is 5.08. The molecule has 4 rings (SSSR count). The second-order valence-corrected chi connectivity index (χ2v) is 7.06. The number of nitrogens with one attached hydrogen (secondary N) is 1. The van der Waals surface area contributed by atoms with Crippen molar-refractivity contribution >= 4 is 40.0 Å². The minimum absolute atomic E-state index is 0.118. The van der Waals surface area contributed by atoms with Crippen molar-refractivity contribution in [3.8, 4) is 0 Å². The minimum Gasteiger partial charge on any atom is -0.365 e. The number of allylic oxidation sites excluding steroid dienone is 2. The fourth-order valence-electron chi connectivity index (χ4n) is 3.67. The van der Waals surface area contributed by atoms with E-state index >= 15 is 0 Å². The zero-order chi connectivity index (χ0) is 17.6. The van der Waals surface area contributed by atoms with Crippen molar-refractivity contribution in [2.24, 2.45) is 11.8 Å². The zero-order valence-electron chi connectivity index (χ0n) is 13.8. The van der Waals surface area contributed by atoms with Crippen LogP contribution < -0.4 is 5.32 Å². The highest BCUT2D eigenvalue weighted by atomic mass is 35.5. The molecule has 1 aliphatic carbocycles. The second-order valence-electron chi connectivity index (χ2n) is 6.57. The summed E-state index contributed by atoms with van der Waals surface area (Å²) in [4.78, 5) is 30.9. The number of nitrogens with zero attached hydrogens (tertiary/aromatic N) is 2. The lowest BCUT2D eigenvalue weighted by molar-refractivity contribution is -0.139. The molecule has 5 nitrogen and oxygen atoms in total. The number of imide groups is 1. The first-order chi connectivity index (χ1) is 12.1. The number of aryl methyl sites for hydroxylation is 1. The number of aromatic nitrogens is 1. The van der Waals surface area contributed by atoms with Gasteiger partial charge in [-0.25, -0.2) is 0 Å². The van der Waals surface area contributed by atoms with Crippen molar-refractivity contribution in [3.63, 3.8) is 0 Å². The molecular formula is C19H18ClN3O2. The average molecular weight is 356 g/mol. The lowest BCUT2D eigenvalue weighted by atomic mass is 9.85. The molecule has 0 unspecified atom stereocenters. The Morgan fingerprint density at radius 1 is 1.24 bits per heavy atom. The first kappa shape index (κ1) is 16.1. The molecule has 0 saturated carbocycles. The summed E-state index contributed by atoms with van der Waals surface area (Å²) in [5.41, 5.74) is 2.78. The van der Waals surface area contributed by atoms with Crippen LogP contribution in [0.3, 0.4) is 0 Å². The maximum absolute atomic E-state index is 12.6. The van der Waals surface area contributed by atoms with Gasteiger partial charge in [-0.05, 0) is 37.5 Å². The maximum atomic E-state index is 12.6. The highest BCUT2D eigenvalue weighted by molar-refractivity contribution is 6.30. The summed E-state index contributed by atoms with van der Waals surface area (Å²) in [6, 6.07) is 7.82. The summed E-state index contributed by atoms with van der Waals surface area (Å²) in [5, 5.41) is 4.93. The van der Waals surface area contributed by atoms with Crippen LogP contribution in [0.2, 0.25) is 0 Å². The highest BCUT2D eigenvalue weighted by Crippen LogP contribution is 2.38. The standard InChI is InChI=1S/C19H18ClN3O2/c1-11-7-8-21-17-13(11)3-2-4-16(17)22-10-23-18(24)14-6-5-12(20)9-15(14)19(23)25/h2-5,7-8,14-15,22H,6,9-10H2,1H3/t14-,15+/m1/s1. The van der Waals surface area contributed by atoms with Gasteiger partial charge in [0, 0.05) is 16.6 Å². The number of halogens is 1. The van der Waals surface area contributed by atoms with E-state index in [2.05, 4.69) is 10.3 Å². The fraction of sp³-hybridized carbons (Fsp3) is 0.316. The van der Waals surface area contributed by atoms with E-state index < -0.39 is 0 Å². The van der Waals surface area contributed by atoms with E-state index in [4.69, 9.17) is 11.6 Å². The molecule has 2 aliphatic rings. The smallest absolute Gasteiger partial charge is 0.234 e. The van der Waals surface area contributed by atoms with E-state index in [0.717, 1.165) is 22.2 Å². The van der Waals surface area contributed by atoms with Crippen LogP contribution in [0.1, 0.15) is 18.4 Å². The van der Waals surface area contributed by atoms with E-state index in [9.17, 15) is 9.59 Å². The Morgan fingerprint density at radius 3 is 2.88 bits per heavy atom. The molecule has 2 heterocycles. The molecule has 25 heavy (non-hydrogen) atoms. The van der Waals surface area contributed by atoms with Gasteiger partial charge in [0.15, 0.2) is 0 Å². The van der Waals surface area contributed by atoms with Crippen LogP contribution >= 0.6 is 11.6 Å². The molecule has 1 fully saturated rings. The Bertz CT molecular complexity index is 909. The van der Waals surface area contributed by atoms with E-state index in [1.165, 1.54) is 4.90 Å². The van der Waals surface area contributed by atoms with Crippen LogP contribution in [0, 0.1) is 18.8 Å². The number of likely N-dealkylation sites (tertiary alicyclic amines) is 1. The predicted molar refractivity (Wildman–Crippen MR) is 97.0 cm³/mol. The molecule has 128 valence electrons. The number of hydrogen-bond acceptors (Lipinski definition) is 4. The quantitative estimate of drug-likeness (QED) is 0.857. The number of carbonyl (C=O) groups is 2. The van der Waals surface area contributed by atoms with Crippen LogP contribution in [0.15, 0.2) is 41.6 Å². The molecule has 1 aliphatic heterocycles. The molecule has 2 aromatic rings. The lowest BCUT2D eigenvalue weighted by Gasteiger charge is -2.17. The molecule has 1 aromatic carbocycles. The summed E-state index contributed by atoms with van der Waals surface area (Å²) in [6.45, 7) is 2.18. The monoisotopic (exact) mass is 355 g/mol. The predicted octanol–water partition coefficient (Wildman–Crippen LogP) is 3.43. The van der Waals surface area contributed by atoms with Crippen molar-refractivity contribution in [2.75, 3.05) is 12.0 Å². The maximum Gasteiger partial charge on any atom is 0.234 e. The molecule has 0 spiro atoms. The summed E-state index contributed by atoms with van der Waals surface area (Å²) >= 11 is 6.05. The van der Waals surface area contributed by atoms with Gasteiger partial charge in [0.2, 0.25) is 11.8 Å². The van der Waals surface area contributed by atoms with Gasteiger partial charge in [0.1, 0.15) is 0 Å². The van der Waals surface area contributed by atoms with Crippen LogP contribution in [0.4, 0.5) is 5.69 Å². The van der Waals surface area contributed by atoms with Crippen molar-refractivity contribution in [1.82, 2.24) is 9.88 Å². The van der Waals surface area contributed by atoms with Crippen LogP contribution in [0.5, 0.6) is 0 Å². The molecule has 2 amide bonds. The summed E-state index contributed by atoms with van der Waals surface area (Å²) in [7, 11) is 0. The zero-order valence-corrected chi connectivity index (χ0v) is 14.6. The number of carbonyl (C=O) groups excluding carboxylic acids is 2. The average Bonchev–Trinajstić information content (AvgIpc) is 2.84. The van der Waals surface area contributed by atoms with Gasteiger partial charge in [-0.2, -0.15) is 0 Å². The molecule has 2 atom stereocenters. The third-order valence-corrected chi connectivity index (χ3v) is 5.39. The highest BCUT2D eigenvalue weighted by Gasteiger charge is 2.48. The van der Waals surface area contributed by atoms with E-state index in [1.807, 2.05) is 37.3 Å². The van der Waals surface area contributed by atoms with Gasteiger partial charge >= 0.3 is 0 Å². The molecule has 1 saturated heterocycles. The van der Waals surface area contributed by atoms with E-state index in [-0.39, 0.29) is 30.3 Å². The summed E-state index contributed by atoms with van der Waals surface area (Å²) < 4.78 is 0. The van der Waals surface area contributed by atoms with Gasteiger partial charge in [0.25, 0.3) is 0 Å². The van der Waals surface area contributed by atoms with Crippen LogP contribution in [-0.4, -0.2) is 28.4 Å². The van der Waals surface area contributed by atoms with E-state index in [1.54, 1.807) is 6.20 Å². The van der Waals surface area contributed by atoms with Gasteiger partial charge in [-0.15, -0.1) is 0 Å². The van der Waals surface area contributed by atoms with Gasteiger partial charge in [-0.3, -0.25) is 19.5 Å². The van der Waals surface area contributed by atoms with Crippen LogP contribution in [0.25, 0.3) is 10.9 Å². The number of amides is 2. The number of benzene rings is 1. The first-order valence-corrected chi connectivity index (χ1v) is 8.72. The molecule has 0 radical (unpaired) electrons. The Hall–Kier alpha value is -2.40. The molecule has 1 N–H and O–H groups in total. The van der Waals surface area contributed by atoms with Gasteiger partial charge in [-0.1, -0.05) is 29.8 Å².